The minimum Gasteiger partial charge on any atom is -0.467 e. The van der Waals surface area contributed by atoms with Gasteiger partial charge in [0.2, 0.25) is 17.7 Å². The van der Waals surface area contributed by atoms with Crippen LogP contribution in [0.25, 0.3) is 0 Å². The summed E-state index contributed by atoms with van der Waals surface area (Å²) in [4.78, 5) is 62.5. The number of methoxy groups -OCH3 is 1. The van der Waals surface area contributed by atoms with E-state index in [9.17, 15) is 24.0 Å². The molecule has 0 saturated carbocycles. The minimum atomic E-state index is -0.989. The van der Waals surface area contributed by atoms with Crippen LogP contribution in [-0.2, 0) is 30.3 Å². The molecule has 0 heterocycles. The first-order valence-corrected chi connectivity index (χ1v) is 13.6. The molecular weight excluding hydrogens is 538 g/mol. The molecule has 0 bridgehead atoms. The molecule has 0 aliphatic rings. The number of nitrogens with one attached hydrogen (secondary N) is 4. The molecule has 5 amide bonds. The summed E-state index contributed by atoms with van der Waals surface area (Å²) in [6.07, 6.45) is 3.94. The molecule has 1 aromatic carbocycles. The van der Waals surface area contributed by atoms with E-state index in [0.29, 0.717) is 24.3 Å². The topological polar surface area (TPSA) is 169 Å². The summed E-state index contributed by atoms with van der Waals surface area (Å²) in [7, 11) is 1.23. The predicted molar refractivity (Wildman–Crippen MR) is 153 cm³/mol. The Balaban J connectivity index is 3.01. The number of carbonyl (C=O) groups is 5. The molecule has 0 aliphatic heterocycles. The molecule has 0 unspecified atom stereocenters. The van der Waals surface area contributed by atoms with Gasteiger partial charge in [0.05, 0.1) is 13.2 Å². The maximum atomic E-state index is 13.3. The summed E-state index contributed by atoms with van der Waals surface area (Å²) in [5, 5.41) is 11.3. The number of halogens is 1. The average molecular weight is 580 g/mol. The van der Waals surface area contributed by atoms with Crippen LogP contribution in [0, 0.1) is 11.8 Å². The third-order valence-corrected chi connectivity index (χ3v) is 6.30. The zero-order valence-corrected chi connectivity index (χ0v) is 24.7. The van der Waals surface area contributed by atoms with E-state index in [1.54, 1.807) is 52.0 Å². The largest absolute Gasteiger partial charge is 0.467 e. The number of carbonyl (C=O) groups excluding carboxylic acids is 5. The van der Waals surface area contributed by atoms with Crippen molar-refractivity contribution in [2.24, 2.45) is 17.6 Å². The van der Waals surface area contributed by atoms with Gasteiger partial charge in [0.25, 0.3) is 0 Å². The van der Waals surface area contributed by atoms with Crippen LogP contribution < -0.4 is 27.0 Å². The molecule has 11 nitrogen and oxygen atoms in total. The first kappa shape index (κ1) is 34.4. The van der Waals surface area contributed by atoms with Crippen molar-refractivity contribution < 1.29 is 28.7 Å². The lowest BCUT2D eigenvalue weighted by molar-refractivity contribution is -0.144. The normalized spacial score (nSPS) is 14.2. The molecule has 0 aromatic heterocycles. The molecule has 12 heteroatoms. The van der Waals surface area contributed by atoms with Crippen molar-refractivity contribution in [3.05, 3.63) is 47.0 Å². The number of ether oxygens (including phenoxy) is 1. The fraction of sp³-hybridized carbons (Fsp3) is 0.536. The van der Waals surface area contributed by atoms with Crippen LogP contribution >= 0.6 is 11.6 Å². The van der Waals surface area contributed by atoms with Crippen molar-refractivity contribution in [3.8, 4) is 0 Å². The van der Waals surface area contributed by atoms with Crippen LogP contribution in [0.4, 0.5) is 4.79 Å². The van der Waals surface area contributed by atoms with Gasteiger partial charge >= 0.3 is 12.0 Å². The van der Waals surface area contributed by atoms with E-state index in [-0.39, 0.29) is 11.8 Å². The van der Waals surface area contributed by atoms with Crippen LogP contribution in [0.15, 0.2) is 36.4 Å². The number of esters is 1. The number of rotatable bonds is 15. The summed E-state index contributed by atoms with van der Waals surface area (Å²) < 4.78 is 4.74. The highest BCUT2D eigenvalue weighted by molar-refractivity contribution is 6.30. The summed E-state index contributed by atoms with van der Waals surface area (Å²) >= 11 is 5.96. The van der Waals surface area contributed by atoms with Gasteiger partial charge in [0, 0.05) is 11.1 Å². The number of hydrogen-bond acceptors (Lipinski definition) is 6. The Hall–Kier alpha value is -3.60. The van der Waals surface area contributed by atoms with Gasteiger partial charge in [-0.25, -0.2) is 9.59 Å². The van der Waals surface area contributed by atoms with Gasteiger partial charge < -0.3 is 31.7 Å². The maximum Gasteiger partial charge on any atom is 0.328 e. The standard InChI is InChI=1S/C28H42ClN5O6/c1-7-8-21(25(36)31-20(13-14-22(30)35)15-18-9-11-19(29)12-10-18)32-26(37)23(16(2)3)33-28(39)34-24(17(4)5)27(38)40-6/h9-14,16-17,20-21,23-24H,7-8,15H2,1-6H3,(H2,30,35)(H,31,36)(H,32,37)(H2,33,34,39)/b14-13+/t20-,21+,23+,24+/m1/s1. The van der Waals surface area contributed by atoms with Gasteiger partial charge in [-0.1, -0.05) is 70.8 Å². The van der Waals surface area contributed by atoms with Crippen LogP contribution in [0.2, 0.25) is 5.02 Å². The van der Waals surface area contributed by atoms with Crippen molar-refractivity contribution in [2.45, 2.75) is 78.0 Å². The predicted octanol–water partition coefficient (Wildman–Crippen LogP) is 2.22. The molecule has 40 heavy (non-hydrogen) atoms. The van der Waals surface area contributed by atoms with E-state index in [1.807, 2.05) is 6.92 Å². The lowest BCUT2D eigenvalue weighted by atomic mass is 10.0. The Bertz CT molecular complexity index is 1040. The smallest absolute Gasteiger partial charge is 0.328 e. The summed E-state index contributed by atoms with van der Waals surface area (Å²) in [5.41, 5.74) is 6.11. The highest BCUT2D eigenvalue weighted by Crippen LogP contribution is 2.12. The molecule has 1 aromatic rings. The van der Waals surface area contributed by atoms with Gasteiger partial charge in [-0.3, -0.25) is 14.4 Å². The minimum absolute atomic E-state index is 0.244. The second-order valence-electron chi connectivity index (χ2n) is 10.1. The lowest BCUT2D eigenvalue weighted by Crippen LogP contribution is -2.59. The zero-order chi connectivity index (χ0) is 30.4. The van der Waals surface area contributed by atoms with Crippen molar-refractivity contribution >= 4 is 41.3 Å². The SMILES string of the molecule is CCC[C@H](NC(=O)[C@@H](NC(=O)N[C@H](C(=O)OC)C(C)C)C(C)C)C(=O)N[C@H](/C=C/C(N)=O)Cc1ccc(Cl)cc1. The molecule has 0 radical (unpaired) electrons. The van der Waals surface area contributed by atoms with E-state index in [2.05, 4.69) is 21.3 Å². The van der Waals surface area contributed by atoms with Crippen molar-refractivity contribution in [1.29, 1.82) is 0 Å². The van der Waals surface area contributed by atoms with Crippen LogP contribution in [0.1, 0.15) is 53.0 Å². The van der Waals surface area contributed by atoms with Crippen molar-refractivity contribution in [2.75, 3.05) is 7.11 Å². The summed E-state index contributed by atoms with van der Waals surface area (Å²) in [5.74, 6) is -2.85. The number of hydrogen-bond donors (Lipinski definition) is 5. The molecule has 1 rings (SSSR count). The van der Waals surface area contributed by atoms with Gasteiger partial charge in [-0.05, 0) is 42.4 Å². The Labute approximate surface area is 241 Å². The molecule has 0 fully saturated rings. The lowest BCUT2D eigenvalue weighted by Gasteiger charge is -2.27. The van der Waals surface area contributed by atoms with Gasteiger partial charge in [-0.15, -0.1) is 0 Å². The van der Waals surface area contributed by atoms with E-state index in [4.69, 9.17) is 22.1 Å². The number of benzene rings is 1. The monoisotopic (exact) mass is 579 g/mol. The molecule has 0 saturated heterocycles. The number of amides is 5. The van der Waals surface area contributed by atoms with E-state index in [1.165, 1.54) is 19.3 Å². The number of primary amides is 1. The van der Waals surface area contributed by atoms with Gasteiger partial charge in [0.1, 0.15) is 18.1 Å². The van der Waals surface area contributed by atoms with E-state index in [0.717, 1.165) is 5.56 Å². The van der Waals surface area contributed by atoms with Crippen LogP contribution in [0.3, 0.4) is 0 Å². The zero-order valence-electron chi connectivity index (χ0n) is 24.0. The Morgan fingerprint density at radius 3 is 1.98 bits per heavy atom. The first-order chi connectivity index (χ1) is 18.8. The van der Waals surface area contributed by atoms with E-state index < -0.39 is 53.9 Å². The third kappa shape index (κ3) is 12.1. The molecule has 0 spiro atoms. The molecule has 4 atom stereocenters. The van der Waals surface area contributed by atoms with Crippen LogP contribution in [-0.4, -0.2) is 61.0 Å². The second-order valence-corrected chi connectivity index (χ2v) is 10.6. The Morgan fingerprint density at radius 1 is 0.900 bits per heavy atom. The summed E-state index contributed by atoms with van der Waals surface area (Å²) in [6, 6.07) is 2.95. The van der Waals surface area contributed by atoms with Gasteiger partial charge in [0.15, 0.2) is 0 Å². The number of urea groups is 1. The van der Waals surface area contributed by atoms with Gasteiger partial charge in [-0.2, -0.15) is 0 Å². The fourth-order valence-electron chi connectivity index (χ4n) is 3.84. The highest BCUT2D eigenvalue weighted by Gasteiger charge is 2.31. The highest BCUT2D eigenvalue weighted by atomic mass is 35.5. The fourth-order valence-corrected chi connectivity index (χ4v) is 3.96. The molecule has 222 valence electrons. The summed E-state index contributed by atoms with van der Waals surface area (Å²) in [6.45, 7) is 8.87. The van der Waals surface area contributed by atoms with Crippen molar-refractivity contribution in [3.63, 3.8) is 0 Å². The first-order valence-electron chi connectivity index (χ1n) is 13.3. The van der Waals surface area contributed by atoms with Crippen LogP contribution in [0.5, 0.6) is 0 Å². The molecule has 6 N–H and O–H groups in total. The average Bonchev–Trinajstić information content (AvgIpc) is 2.88. The quantitative estimate of drug-likeness (QED) is 0.158. The molecule has 0 aliphatic carbocycles. The Morgan fingerprint density at radius 2 is 1.48 bits per heavy atom. The van der Waals surface area contributed by atoms with Crippen molar-refractivity contribution in [1.82, 2.24) is 21.3 Å². The molecular formula is C28H42ClN5O6. The number of nitrogens with two attached hydrogens (primary N) is 1. The van der Waals surface area contributed by atoms with E-state index >= 15 is 0 Å². The maximum absolute atomic E-state index is 13.3. The Kier molecular flexibility index (Phi) is 14.8. The second kappa shape index (κ2) is 17.2. The third-order valence-electron chi connectivity index (χ3n) is 6.04.